The third-order valence-corrected chi connectivity index (χ3v) is 5.36. The van der Waals surface area contributed by atoms with Gasteiger partial charge in [-0.25, -0.2) is 0 Å². The van der Waals surface area contributed by atoms with Gasteiger partial charge in [0.1, 0.15) is 5.75 Å². The molecular formula is C22H27NO4. The summed E-state index contributed by atoms with van der Waals surface area (Å²) in [6.07, 6.45) is 2.58. The number of phenolic OH excluding ortho intramolecular Hbond substituents is 1. The highest BCUT2D eigenvalue weighted by molar-refractivity contribution is 5.66. The van der Waals surface area contributed by atoms with E-state index in [2.05, 4.69) is 35.6 Å². The number of phenols is 1. The van der Waals surface area contributed by atoms with Gasteiger partial charge in [0.2, 0.25) is 0 Å². The van der Waals surface area contributed by atoms with Crippen molar-refractivity contribution in [2.24, 2.45) is 0 Å². The van der Waals surface area contributed by atoms with E-state index < -0.39 is 5.97 Å². The third kappa shape index (κ3) is 4.67. The summed E-state index contributed by atoms with van der Waals surface area (Å²) in [7, 11) is 0. The first-order chi connectivity index (χ1) is 13.1. The van der Waals surface area contributed by atoms with E-state index in [1.54, 1.807) is 6.07 Å². The third-order valence-electron chi connectivity index (χ3n) is 5.36. The number of hydrogen-bond donors (Lipinski definition) is 3. The summed E-state index contributed by atoms with van der Waals surface area (Å²) in [4.78, 5) is 10.5. The molecule has 1 fully saturated rings. The molecule has 0 unspecified atom stereocenters. The standard InChI is InChI=1S/C22H27NO4/c24-20-7-6-17(8-14-27-15-9-21(25)26)16-19(20)22(10-12-23-13-11-22)18-4-2-1-3-5-18/h1-7,16,23-24H,8-15H2,(H,25,26). The summed E-state index contributed by atoms with van der Waals surface area (Å²) in [5, 5.41) is 22.8. The first kappa shape index (κ1) is 19.4. The average molecular weight is 369 g/mol. The number of hydrogen-bond acceptors (Lipinski definition) is 4. The van der Waals surface area contributed by atoms with Gasteiger partial charge in [-0.05, 0) is 49.5 Å². The molecule has 0 aliphatic carbocycles. The topological polar surface area (TPSA) is 78.8 Å². The number of rotatable bonds is 8. The van der Waals surface area contributed by atoms with Crippen LogP contribution in [-0.4, -0.2) is 42.5 Å². The van der Waals surface area contributed by atoms with Crippen molar-refractivity contribution >= 4 is 5.97 Å². The number of aromatic hydroxyl groups is 1. The lowest BCUT2D eigenvalue weighted by Crippen LogP contribution is -2.40. The van der Waals surface area contributed by atoms with Crippen molar-refractivity contribution in [1.29, 1.82) is 0 Å². The molecule has 3 rings (SSSR count). The number of ether oxygens (including phenoxy) is 1. The van der Waals surface area contributed by atoms with E-state index in [4.69, 9.17) is 9.84 Å². The van der Waals surface area contributed by atoms with Crippen LogP contribution < -0.4 is 5.32 Å². The Morgan fingerprint density at radius 2 is 1.81 bits per heavy atom. The molecule has 1 saturated heterocycles. The van der Waals surface area contributed by atoms with Crippen LogP contribution in [0.2, 0.25) is 0 Å². The van der Waals surface area contributed by atoms with Gasteiger partial charge < -0.3 is 20.3 Å². The first-order valence-corrected chi connectivity index (χ1v) is 9.50. The Kier molecular flexibility index (Phi) is 6.48. The highest BCUT2D eigenvalue weighted by Crippen LogP contribution is 2.44. The highest BCUT2D eigenvalue weighted by atomic mass is 16.5. The fraction of sp³-hybridized carbons (Fsp3) is 0.409. The number of carboxylic acid groups (broad SMARTS) is 1. The number of aliphatic carboxylic acids is 1. The van der Waals surface area contributed by atoms with E-state index >= 15 is 0 Å². The van der Waals surface area contributed by atoms with Gasteiger partial charge in [0.25, 0.3) is 0 Å². The molecule has 1 aliphatic heterocycles. The molecule has 1 aliphatic rings. The normalized spacial score (nSPS) is 16.1. The molecule has 3 N–H and O–H groups in total. The van der Waals surface area contributed by atoms with E-state index in [1.165, 1.54) is 5.56 Å². The first-order valence-electron chi connectivity index (χ1n) is 9.50. The molecule has 0 amide bonds. The molecule has 0 saturated carbocycles. The molecule has 0 atom stereocenters. The molecule has 0 radical (unpaired) electrons. The van der Waals surface area contributed by atoms with Crippen molar-refractivity contribution < 1.29 is 19.7 Å². The predicted molar refractivity (Wildman–Crippen MR) is 104 cm³/mol. The summed E-state index contributed by atoms with van der Waals surface area (Å²) in [5.41, 5.74) is 3.10. The molecule has 0 bridgehead atoms. The Hall–Kier alpha value is -2.37. The van der Waals surface area contributed by atoms with Crippen LogP contribution in [0.4, 0.5) is 0 Å². The second kappa shape index (κ2) is 9.02. The number of nitrogens with one attached hydrogen (secondary N) is 1. The number of carbonyl (C=O) groups is 1. The molecule has 2 aromatic rings. The zero-order valence-electron chi connectivity index (χ0n) is 15.5. The van der Waals surface area contributed by atoms with Crippen LogP contribution in [0.25, 0.3) is 0 Å². The molecule has 0 spiro atoms. The van der Waals surface area contributed by atoms with Crippen molar-refractivity contribution in [3.05, 3.63) is 65.2 Å². The maximum absolute atomic E-state index is 10.7. The summed E-state index contributed by atoms with van der Waals surface area (Å²) in [6.45, 7) is 2.52. The van der Waals surface area contributed by atoms with Gasteiger partial charge in [0, 0.05) is 11.0 Å². The number of carboxylic acids is 1. The van der Waals surface area contributed by atoms with Crippen LogP contribution in [0, 0.1) is 0 Å². The van der Waals surface area contributed by atoms with Crippen molar-refractivity contribution in [2.45, 2.75) is 31.1 Å². The van der Waals surface area contributed by atoms with Gasteiger partial charge in [0.05, 0.1) is 19.6 Å². The minimum absolute atomic E-state index is 0.0188. The van der Waals surface area contributed by atoms with Crippen molar-refractivity contribution in [1.82, 2.24) is 5.32 Å². The maximum Gasteiger partial charge on any atom is 0.305 e. The lowest BCUT2D eigenvalue weighted by molar-refractivity contribution is -0.138. The lowest BCUT2D eigenvalue weighted by atomic mass is 9.67. The predicted octanol–water partition coefficient (Wildman–Crippen LogP) is 3.10. The molecule has 0 aromatic heterocycles. The van der Waals surface area contributed by atoms with E-state index in [0.29, 0.717) is 18.8 Å². The molecule has 144 valence electrons. The fourth-order valence-electron chi connectivity index (χ4n) is 3.90. The second-order valence-corrected chi connectivity index (χ2v) is 7.06. The lowest BCUT2D eigenvalue weighted by Gasteiger charge is -2.39. The summed E-state index contributed by atoms with van der Waals surface area (Å²) in [6, 6.07) is 16.2. The summed E-state index contributed by atoms with van der Waals surface area (Å²) >= 11 is 0. The van der Waals surface area contributed by atoms with Gasteiger partial charge in [-0.3, -0.25) is 4.79 Å². The highest BCUT2D eigenvalue weighted by Gasteiger charge is 2.37. The number of benzene rings is 2. The summed E-state index contributed by atoms with van der Waals surface area (Å²) < 4.78 is 5.42. The van der Waals surface area contributed by atoms with E-state index in [9.17, 15) is 9.90 Å². The van der Waals surface area contributed by atoms with E-state index in [-0.39, 0.29) is 18.4 Å². The van der Waals surface area contributed by atoms with Crippen LogP contribution >= 0.6 is 0 Å². The zero-order chi connectivity index (χ0) is 19.1. The smallest absolute Gasteiger partial charge is 0.305 e. The molecule has 2 aromatic carbocycles. The SMILES string of the molecule is O=C(O)CCOCCc1ccc(O)c(C2(c3ccccc3)CCNCC2)c1. The molecule has 5 nitrogen and oxygen atoms in total. The van der Waals surface area contributed by atoms with Gasteiger partial charge in [-0.15, -0.1) is 0 Å². The molecular weight excluding hydrogens is 342 g/mol. The number of piperidine rings is 1. The van der Waals surface area contributed by atoms with Gasteiger partial charge in [-0.2, -0.15) is 0 Å². The van der Waals surface area contributed by atoms with Crippen LogP contribution in [0.5, 0.6) is 5.75 Å². The molecule has 27 heavy (non-hydrogen) atoms. The van der Waals surface area contributed by atoms with Crippen molar-refractivity contribution in [3.8, 4) is 5.75 Å². The van der Waals surface area contributed by atoms with E-state index in [1.807, 2.05) is 12.1 Å². The van der Waals surface area contributed by atoms with Gasteiger partial charge in [0.15, 0.2) is 0 Å². The van der Waals surface area contributed by atoms with Crippen LogP contribution in [-0.2, 0) is 21.4 Å². The monoisotopic (exact) mass is 369 g/mol. The largest absolute Gasteiger partial charge is 0.508 e. The average Bonchev–Trinajstić information content (AvgIpc) is 2.70. The fourth-order valence-corrected chi connectivity index (χ4v) is 3.90. The molecule has 1 heterocycles. The van der Waals surface area contributed by atoms with E-state index in [0.717, 1.165) is 37.1 Å². The van der Waals surface area contributed by atoms with Crippen LogP contribution in [0.3, 0.4) is 0 Å². The van der Waals surface area contributed by atoms with Gasteiger partial charge in [-0.1, -0.05) is 42.5 Å². The zero-order valence-corrected chi connectivity index (χ0v) is 15.5. The Balaban J connectivity index is 1.82. The van der Waals surface area contributed by atoms with Crippen molar-refractivity contribution in [3.63, 3.8) is 0 Å². The van der Waals surface area contributed by atoms with Gasteiger partial charge >= 0.3 is 5.97 Å². The van der Waals surface area contributed by atoms with Crippen LogP contribution in [0.15, 0.2) is 48.5 Å². The minimum atomic E-state index is -0.849. The second-order valence-electron chi connectivity index (χ2n) is 7.06. The summed E-state index contributed by atoms with van der Waals surface area (Å²) in [5.74, 6) is -0.520. The Bertz CT molecular complexity index is 754. The maximum atomic E-state index is 10.7. The minimum Gasteiger partial charge on any atom is -0.508 e. The van der Waals surface area contributed by atoms with Crippen molar-refractivity contribution in [2.75, 3.05) is 26.3 Å². The Labute approximate surface area is 160 Å². The van der Waals surface area contributed by atoms with Crippen LogP contribution in [0.1, 0.15) is 36.0 Å². The Morgan fingerprint density at radius 1 is 1.07 bits per heavy atom. The quantitative estimate of drug-likeness (QED) is 0.623. The molecule has 5 heteroatoms. The Morgan fingerprint density at radius 3 is 2.52 bits per heavy atom.